The molecule has 0 amide bonds. The second kappa shape index (κ2) is 3.75. The van der Waals surface area contributed by atoms with Crippen LogP contribution in [0.5, 0.6) is 0 Å². The van der Waals surface area contributed by atoms with Crippen molar-refractivity contribution in [3.63, 3.8) is 0 Å². The van der Waals surface area contributed by atoms with E-state index in [0.29, 0.717) is 0 Å². The second-order valence-corrected chi connectivity index (χ2v) is 4.55. The van der Waals surface area contributed by atoms with Crippen LogP contribution in [0.25, 0.3) is 0 Å². The van der Waals surface area contributed by atoms with Crippen LogP contribution in [0.3, 0.4) is 0 Å². The molecule has 1 aromatic rings. The molecule has 3 N–H and O–H groups in total. The first-order valence-electron chi connectivity index (χ1n) is 5.28. The maximum Gasteiger partial charge on any atom is 0.0284 e. The van der Waals surface area contributed by atoms with Gasteiger partial charge in [-0.3, -0.25) is 0 Å². The molecule has 2 rings (SSSR count). The lowest BCUT2D eigenvalue weighted by Gasteiger charge is -2.20. The minimum Gasteiger partial charge on any atom is -0.365 e. The van der Waals surface area contributed by atoms with Gasteiger partial charge in [0, 0.05) is 36.9 Å². The Morgan fingerprint density at radius 3 is 2.93 bits per heavy atom. The van der Waals surface area contributed by atoms with Gasteiger partial charge in [0.25, 0.3) is 0 Å². The van der Waals surface area contributed by atoms with E-state index < -0.39 is 0 Å². The summed E-state index contributed by atoms with van der Waals surface area (Å²) < 4.78 is 0. The van der Waals surface area contributed by atoms with Crippen LogP contribution in [0, 0.1) is 0 Å². The van der Waals surface area contributed by atoms with E-state index in [4.69, 9.17) is 5.73 Å². The summed E-state index contributed by atoms with van der Waals surface area (Å²) in [5, 5.41) is 0. The summed E-state index contributed by atoms with van der Waals surface area (Å²) in [7, 11) is 2.15. The zero-order valence-corrected chi connectivity index (χ0v) is 8.79. The summed E-state index contributed by atoms with van der Waals surface area (Å²) in [5.74, 6) is 0. The standard InChI is InChI=1S/C11H19N3/c1-14(9-11(12)5-6-11)8-4-10-3-2-7-13-10/h2-3,7,13H,4-6,8-9,12H2,1H3. The highest BCUT2D eigenvalue weighted by atomic mass is 15.1. The van der Waals surface area contributed by atoms with E-state index in [1.165, 1.54) is 18.5 Å². The number of hydrogen-bond acceptors (Lipinski definition) is 2. The fourth-order valence-corrected chi connectivity index (χ4v) is 1.77. The van der Waals surface area contributed by atoms with Crippen LogP contribution in [-0.2, 0) is 6.42 Å². The van der Waals surface area contributed by atoms with Gasteiger partial charge in [-0.25, -0.2) is 0 Å². The van der Waals surface area contributed by atoms with Crippen LogP contribution in [0.1, 0.15) is 18.5 Å². The number of H-pyrrole nitrogens is 1. The molecular formula is C11H19N3. The van der Waals surface area contributed by atoms with E-state index in [0.717, 1.165) is 19.5 Å². The van der Waals surface area contributed by atoms with Gasteiger partial charge in [0.15, 0.2) is 0 Å². The van der Waals surface area contributed by atoms with Crippen LogP contribution in [0.2, 0.25) is 0 Å². The van der Waals surface area contributed by atoms with Crippen LogP contribution in [-0.4, -0.2) is 35.6 Å². The number of hydrogen-bond donors (Lipinski definition) is 2. The van der Waals surface area contributed by atoms with Gasteiger partial charge in [-0.1, -0.05) is 0 Å². The summed E-state index contributed by atoms with van der Waals surface area (Å²) in [6, 6.07) is 4.17. The quantitative estimate of drug-likeness (QED) is 0.732. The molecule has 1 fully saturated rings. The lowest BCUT2D eigenvalue weighted by molar-refractivity contribution is 0.306. The van der Waals surface area contributed by atoms with E-state index >= 15 is 0 Å². The zero-order chi connectivity index (χ0) is 10.0. The largest absolute Gasteiger partial charge is 0.365 e. The summed E-state index contributed by atoms with van der Waals surface area (Å²) in [6.07, 6.45) is 5.44. The summed E-state index contributed by atoms with van der Waals surface area (Å²) in [5.41, 5.74) is 7.49. The molecule has 14 heavy (non-hydrogen) atoms. The van der Waals surface area contributed by atoms with Gasteiger partial charge in [0.2, 0.25) is 0 Å². The minimum atomic E-state index is 0.143. The fourth-order valence-electron chi connectivity index (χ4n) is 1.77. The number of nitrogens with two attached hydrogens (primary N) is 1. The Kier molecular flexibility index (Phi) is 2.61. The highest BCUT2D eigenvalue weighted by Crippen LogP contribution is 2.32. The fraction of sp³-hybridized carbons (Fsp3) is 0.636. The van der Waals surface area contributed by atoms with Crippen molar-refractivity contribution in [2.45, 2.75) is 24.8 Å². The average molecular weight is 193 g/mol. The molecule has 3 nitrogen and oxygen atoms in total. The topological polar surface area (TPSA) is 45.0 Å². The Morgan fingerprint density at radius 1 is 1.57 bits per heavy atom. The molecule has 0 aromatic carbocycles. The molecule has 1 aliphatic carbocycles. The molecule has 0 unspecified atom stereocenters. The number of nitrogens with one attached hydrogen (secondary N) is 1. The monoisotopic (exact) mass is 193 g/mol. The van der Waals surface area contributed by atoms with E-state index in [-0.39, 0.29) is 5.54 Å². The first-order valence-corrected chi connectivity index (χ1v) is 5.28. The van der Waals surface area contributed by atoms with Crippen molar-refractivity contribution in [3.05, 3.63) is 24.0 Å². The predicted molar refractivity (Wildman–Crippen MR) is 58.1 cm³/mol. The smallest absolute Gasteiger partial charge is 0.0284 e. The van der Waals surface area contributed by atoms with Crippen LogP contribution in [0.4, 0.5) is 0 Å². The van der Waals surface area contributed by atoms with Gasteiger partial charge in [-0.2, -0.15) is 0 Å². The number of aromatic nitrogens is 1. The summed E-state index contributed by atoms with van der Waals surface area (Å²) in [4.78, 5) is 5.54. The van der Waals surface area contributed by atoms with Crippen molar-refractivity contribution in [2.24, 2.45) is 5.73 Å². The molecule has 0 spiro atoms. The molecule has 3 heteroatoms. The number of nitrogens with zero attached hydrogens (tertiary/aromatic N) is 1. The Morgan fingerprint density at radius 2 is 2.36 bits per heavy atom. The Bertz CT molecular complexity index is 275. The van der Waals surface area contributed by atoms with Gasteiger partial charge in [0.05, 0.1) is 0 Å². The third kappa shape index (κ3) is 2.59. The molecule has 0 aliphatic heterocycles. The molecule has 1 aromatic heterocycles. The lowest BCUT2D eigenvalue weighted by atomic mass is 10.2. The molecule has 78 valence electrons. The number of rotatable bonds is 5. The Balaban J connectivity index is 1.70. The van der Waals surface area contributed by atoms with Crippen molar-refractivity contribution in [2.75, 3.05) is 20.1 Å². The molecule has 0 saturated heterocycles. The summed E-state index contributed by atoms with van der Waals surface area (Å²) in [6.45, 7) is 2.12. The van der Waals surface area contributed by atoms with Crippen molar-refractivity contribution in [1.82, 2.24) is 9.88 Å². The first kappa shape index (κ1) is 9.74. The molecule has 1 saturated carbocycles. The minimum absolute atomic E-state index is 0.143. The third-order valence-corrected chi connectivity index (χ3v) is 2.90. The summed E-state index contributed by atoms with van der Waals surface area (Å²) >= 11 is 0. The predicted octanol–water partition coefficient (Wildman–Crippen LogP) is 0.980. The average Bonchev–Trinajstić information content (AvgIpc) is 2.70. The van der Waals surface area contributed by atoms with Crippen molar-refractivity contribution >= 4 is 0 Å². The van der Waals surface area contributed by atoms with E-state index in [9.17, 15) is 0 Å². The van der Waals surface area contributed by atoms with Crippen LogP contribution >= 0.6 is 0 Å². The lowest BCUT2D eigenvalue weighted by Crippen LogP contribution is -2.38. The van der Waals surface area contributed by atoms with E-state index in [2.05, 4.69) is 23.0 Å². The van der Waals surface area contributed by atoms with Gasteiger partial charge in [-0.15, -0.1) is 0 Å². The highest BCUT2D eigenvalue weighted by Gasteiger charge is 2.38. The normalized spacial score (nSPS) is 18.8. The maximum absolute atomic E-state index is 6.05. The Hall–Kier alpha value is -0.800. The zero-order valence-electron chi connectivity index (χ0n) is 8.79. The SMILES string of the molecule is CN(CCc1ccc[nH]1)CC1(N)CC1. The van der Waals surface area contributed by atoms with Crippen molar-refractivity contribution in [1.29, 1.82) is 0 Å². The first-order chi connectivity index (χ1) is 6.68. The third-order valence-electron chi connectivity index (χ3n) is 2.90. The van der Waals surface area contributed by atoms with Crippen LogP contribution < -0.4 is 5.73 Å². The molecule has 0 radical (unpaired) electrons. The highest BCUT2D eigenvalue weighted by molar-refractivity contribution is 5.04. The van der Waals surface area contributed by atoms with Crippen molar-refractivity contribution in [3.8, 4) is 0 Å². The van der Waals surface area contributed by atoms with Gasteiger partial charge < -0.3 is 15.6 Å². The van der Waals surface area contributed by atoms with Gasteiger partial charge in [0.1, 0.15) is 0 Å². The molecule has 1 heterocycles. The Labute approximate surface area is 85.3 Å². The second-order valence-electron chi connectivity index (χ2n) is 4.55. The number of aromatic amines is 1. The van der Waals surface area contributed by atoms with Gasteiger partial charge in [-0.05, 0) is 32.0 Å². The van der Waals surface area contributed by atoms with E-state index in [1.807, 2.05) is 12.3 Å². The molecule has 1 aliphatic rings. The van der Waals surface area contributed by atoms with Gasteiger partial charge >= 0.3 is 0 Å². The molecule has 0 atom stereocenters. The van der Waals surface area contributed by atoms with Crippen molar-refractivity contribution < 1.29 is 0 Å². The maximum atomic E-state index is 6.05. The van der Waals surface area contributed by atoms with E-state index in [1.54, 1.807) is 0 Å². The number of likely N-dealkylation sites (N-methyl/N-ethyl adjacent to an activating group) is 1. The molecular weight excluding hydrogens is 174 g/mol. The van der Waals surface area contributed by atoms with Crippen LogP contribution in [0.15, 0.2) is 18.3 Å². The molecule has 0 bridgehead atoms.